The molecule has 0 spiro atoms. The lowest BCUT2D eigenvalue weighted by atomic mass is 10.2. The van der Waals surface area contributed by atoms with Crippen LogP contribution < -0.4 is 5.32 Å². The van der Waals surface area contributed by atoms with Crippen LogP contribution in [0.2, 0.25) is 0 Å². The first-order chi connectivity index (χ1) is 7.02. The van der Waals surface area contributed by atoms with Gasteiger partial charge in [0, 0.05) is 12.1 Å². The minimum atomic E-state index is -1.04. The second kappa shape index (κ2) is 4.84. The summed E-state index contributed by atoms with van der Waals surface area (Å²) in [6.07, 6.45) is 0. The zero-order chi connectivity index (χ0) is 11.4. The van der Waals surface area contributed by atoms with E-state index in [1.54, 1.807) is 0 Å². The van der Waals surface area contributed by atoms with E-state index in [0.717, 1.165) is 6.07 Å². The van der Waals surface area contributed by atoms with Gasteiger partial charge in [-0.05, 0) is 13.0 Å². The van der Waals surface area contributed by atoms with Gasteiger partial charge in [0.05, 0.1) is 0 Å². The lowest BCUT2D eigenvalue weighted by molar-refractivity contribution is -0.139. The van der Waals surface area contributed by atoms with Crippen molar-refractivity contribution in [1.82, 2.24) is 5.32 Å². The van der Waals surface area contributed by atoms with E-state index in [1.807, 2.05) is 0 Å². The lowest BCUT2D eigenvalue weighted by Gasteiger charge is -2.09. The van der Waals surface area contributed by atoms with Crippen LogP contribution in [0.25, 0.3) is 0 Å². The van der Waals surface area contributed by atoms with Crippen molar-refractivity contribution in [3.8, 4) is 0 Å². The van der Waals surface area contributed by atoms with E-state index in [2.05, 4.69) is 5.32 Å². The van der Waals surface area contributed by atoms with Crippen LogP contribution in [-0.2, 0) is 11.3 Å². The molecule has 0 aliphatic rings. The molecule has 0 unspecified atom stereocenters. The molecule has 5 heteroatoms. The second-order valence-electron chi connectivity index (χ2n) is 3.15. The molecule has 0 aromatic heterocycles. The van der Waals surface area contributed by atoms with Gasteiger partial charge in [-0.3, -0.25) is 4.79 Å². The molecule has 15 heavy (non-hydrogen) atoms. The van der Waals surface area contributed by atoms with E-state index in [1.165, 1.54) is 19.1 Å². The highest BCUT2D eigenvalue weighted by Crippen LogP contribution is 2.10. The minimum Gasteiger partial charge on any atom is -0.480 e. The number of aliphatic carboxylic acids is 1. The van der Waals surface area contributed by atoms with Crippen molar-refractivity contribution >= 4 is 5.97 Å². The van der Waals surface area contributed by atoms with E-state index in [-0.39, 0.29) is 12.1 Å². The van der Waals surface area contributed by atoms with Crippen molar-refractivity contribution in [2.45, 2.75) is 19.5 Å². The summed E-state index contributed by atoms with van der Waals surface area (Å²) >= 11 is 0. The van der Waals surface area contributed by atoms with E-state index >= 15 is 0 Å². The summed E-state index contributed by atoms with van der Waals surface area (Å²) in [5, 5.41) is 11.1. The number of hydrogen-bond acceptors (Lipinski definition) is 2. The highest BCUT2D eigenvalue weighted by molar-refractivity contribution is 5.72. The summed E-state index contributed by atoms with van der Waals surface area (Å²) in [7, 11) is 0. The molecule has 1 atom stereocenters. The summed E-state index contributed by atoms with van der Waals surface area (Å²) in [6.45, 7) is 1.41. The molecule has 2 N–H and O–H groups in total. The van der Waals surface area contributed by atoms with Gasteiger partial charge in [0.25, 0.3) is 0 Å². The van der Waals surface area contributed by atoms with Gasteiger partial charge in [0.15, 0.2) is 11.6 Å². The largest absolute Gasteiger partial charge is 0.480 e. The molecule has 82 valence electrons. The molecule has 0 saturated heterocycles. The number of rotatable bonds is 4. The Morgan fingerprint density at radius 2 is 2.20 bits per heavy atom. The summed E-state index contributed by atoms with van der Waals surface area (Å²) in [5.41, 5.74) is 0.114. The molecular formula is C10H11F2NO2. The third kappa shape index (κ3) is 2.99. The van der Waals surface area contributed by atoms with Crippen LogP contribution >= 0.6 is 0 Å². The Labute approximate surface area is 85.7 Å². The van der Waals surface area contributed by atoms with Crippen molar-refractivity contribution in [1.29, 1.82) is 0 Å². The molecule has 0 fully saturated rings. The zero-order valence-corrected chi connectivity index (χ0v) is 8.13. The van der Waals surface area contributed by atoms with Crippen LogP contribution in [-0.4, -0.2) is 17.1 Å². The van der Waals surface area contributed by atoms with E-state index in [9.17, 15) is 13.6 Å². The highest BCUT2D eigenvalue weighted by Gasteiger charge is 2.12. The van der Waals surface area contributed by atoms with Crippen molar-refractivity contribution < 1.29 is 18.7 Å². The normalized spacial score (nSPS) is 12.5. The molecule has 0 aliphatic carbocycles. The maximum atomic E-state index is 13.1. The first-order valence-corrected chi connectivity index (χ1v) is 4.41. The van der Waals surface area contributed by atoms with Gasteiger partial charge in [-0.1, -0.05) is 12.1 Å². The Hall–Kier alpha value is -1.49. The van der Waals surface area contributed by atoms with Crippen LogP contribution in [0.15, 0.2) is 18.2 Å². The van der Waals surface area contributed by atoms with Crippen LogP contribution in [0.5, 0.6) is 0 Å². The first kappa shape index (κ1) is 11.6. The Balaban J connectivity index is 2.66. The smallest absolute Gasteiger partial charge is 0.320 e. The highest BCUT2D eigenvalue weighted by atomic mass is 19.2. The number of carboxylic acid groups (broad SMARTS) is 1. The Kier molecular flexibility index (Phi) is 3.74. The number of hydrogen-bond donors (Lipinski definition) is 2. The Bertz CT molecular complexity index is 368. The molecule has 0 saturated carbocycles. The number of carboxylic acids is 1. The topological polar surface area (TPSA) is 49.3 Å². The predicted molar refractivity (Wildman–Crippen MR) is 50.3 cm³/mol. The average Bonchev–Trinajstić information content (AvgIpc) is 2.19. The van der Waals surface area contributed by atoms with Gasteiger partial charge >= 0.3 is 5.97 Å². The molecule has 0 heterocycles. The van der Waals surface area contributed by atoms with E-state index < -0.39 is 23.6 Å². The fourth-order valence-corrected chi connectivity index (χ4v) is 1.04. The van der Waals surface area contributed by atoms with Crippen LogP contribution in [0.4, 0.5) is 8.78 Å². The minimum absolute atomic E-state index is 0.0168. The fourth-order valence-electron chi connectivity index (χ4n) is 1.04. The van der Waals surface area contributed by atoms with Gasteiger partial charge in [-0.25, -0.2) is 8.78 Å². The predicted octanol–water partition coefficient (Wildman–Crippen LogP) is 1.53. The molecular weight excluding hydrogens is 204 g/mol. The monoisotopic (exact) mass is 215 g/mol. The number of benzene rings is 1. The third-order valence-electron chi connectivity index (χ3n) is 2.00. The molecule has 1 rings (SSSR count). The van der Waals surface area contributed by atoms with Gasteiger partial charge in [-0.15, -0.1) is 0 Å². The maximum Gasteiger partial charge on any atom is 0.320 e. The SMILES string of the molecule is C[C@@H](NCc1cccc(F)c1F)C(=O)O. The lowest BCUT2D eigenvalue weighted by Crippen LogP contribution is -2.33. The van der Waals surface area contributed by atoms with Crippen LogP contribution in [0.1, 0.15) is 12.5 Å². The molecule has 0 bridgehead atoms. The van der Waals surface area contributed by atoms with Gasteiger partial charge in [0.2, 0.25) is 0 Å². The Morgan fingerprint density at radius 1 is 1.53 bits per heavy atom. The number of carbonyl (C=O) groups is 1. The van der Waals surface area contributed by atoms with Gasteiger partial charge in [-0.2, -0.15) is 0 Å². The molecule has 1 aromatic rings. The fraction of sp³-hybridized carbons (Fsp3) is 0.300. The molecule has 1 aromatic carbocycles. The van der Waals surface area contributed by atoms with Crippen molar-refractivity contribution in [2.75, 3.05) is 0 Å². The van der Waals surface area contributed by atoms with Crippen LogP contribution in [0, 0.1) is 11.6 Å². The number of nitrogens with one attached hydrogen (secondary N) is 1. The average molecular weight is 215 g/mol. The van der Waals surface area contributed by atoms with Crippen molar-refractivity contribution in [3.63, 3.8) is 0 Å². The standard InChI is InChI=1S/C10H11F2NO2/c1-6(10(14)15)13-5-7-3-2-4-8(11)9(7)12/h2-4,6,13H,5H2,1H3,(H,14,15)/t6-/m1/s1. The summed E-state index contributed by atoms with van der Waals surface area (Å²) in [4.78, 5) is 10.4. The van der Waals surface area contributed by atoms with Gasteiger partial charge < -0.3 is 10.4 Å². The third-order valence-corrected chi connectivity index (χ3v) is 2.00. The quantitative estimate of drug-likeness (QED) is 0.800. The summed E-state index contributed by atoms with van der Waals surface area (Å²) in [5.74, 6) is -2.91. The van der Waals surface area contributed by atoms with E-state index in [4.69, 9.17) is 5.11 Å². The second-order valence-corrected chi connectivity index (χ2v) is 3.15. The molecule has 3 nitrogen and oxygen atoms in total. The van der Waals surface area contributed by atoms with Crippen molar-refractivity contribution in [2.24, 2.45) is 0 Å². The molecule has 0 amide bonds. The summed E-state index contributed by atoms with van der Waals surface area (Å²) in [6, 6.07) is 2.99. The van der Waals surface area contributed by atoms with E-state index in [0.29, 0.717) is 0 Å². The molecule has 0 aliphatic heterocycles. The Morgan fingerprint density at radius 3 is 2.80 bits per heavy atom. The van der Waals surface area contributed by atoms with Gasteiger partial charge in [0.1, 0.15) is 6.04 Å². The zero-order valence-electron chi connectivity index (χ0n) is 8.13. The number of halogens is 2. The van der Waals surface area contributed by atoms with Crippen LogP contribution in [0.3, 0.4) is 0 Å². The van der Waals surface area contributed by atoms with Crippen molar-refractivity contribution in [3.05, 3.63) is 35.4 Å². The molecule has 0 radical (unpaired) electrons. The summed E-state index contributed by atoms with van der Waals surface area (Å²) < 4.78 is 25.8. The maximum absolute atomic E-state index is 13.1. The first-order valence-electron chi connectivity index (χ1n) is 4.41.